The Hall–Kier alpha value is -2.93. The van der Waals surface area contributed by atoms with E-state index in [0.717, 1.165) is 5.56 Å². The number of ether oxygens (including phenoxy) is 1. The van der Waals surface area contributed by atoms with Gasteiger partial charge in [0.15, 0.2) is 0 Å². The van der Waals surface area contributed by atoms with Crippen molar-refractivity contribution in [1.29, 1.82) is 0 Å². The van der Waals surface area contributed by atoms with Crippen LogP contribution in [-0.4, -0.2) is 30.1 Å². The molecule has 25 heavy (non-hydrogen) atoms. The second kappa shape index (κ2) is 9.39. The molecule has 7 nitrogen and oxygen atoms in total. The summed E-state index contributed by atoms with van der Waals surface area (Å²) >= 11 is 0. The van der Waals surface area contributed by atoms with E-state index in [4.69, 9.17) is 4.74 Å². The third-order valence-corrected chi connectivity index (χ3v) is 3.54. The number of amides is 3. The molecular formula is C18H22N4O3. The van der Waals surface area contributed by atoms with Crippen LogP contribution in [0, 0.1) is 0 Å². The summed E-state index contributed by atoms with van der Waals surface area (Å²) in [5, 5.41) is 8.27. The first-order valence-electron chi connectivity index (χ1n) is 8.00. The highest BCUT2D eigenvalue weighted by Gasteiger charge is 2.15. The predicted molar refractivity (Wildman–Crippen MR) is 96.3 cm³/mol. The molecule has 0 aliphatic rings. The molecule has 1 unspecified atom stereocenters. The third kappa shape index (κ3) is 5.89. The van der Waals surface area contributed by atoms with Gasteiger partial charge < -0.3 is 20.7 Å². The average molecular weight is 342 g/mol. The fourth-order valence-electron chi connectivity index (χ4n) is 2.21. The van der Waals surface area contributed by atoms with E-state index in [9.17, 15) is 9.59 Å². The van der Waals surface area contributed by atoms with Crippen molar-refractivity contribution in [3.63, 3.8) is 0 Å². The Morgan fingerprint density at radius 3 is 2.44 bits per heavy atom. The van der Waals surface area contributed by atoms with Gasteiger partial charge in [-0.1, -0.05) is 13.0 Å². The van der Waals surface area contributed by atoms with Gasteiger partial charge in [0.2, 0.25) is 0 Å². The number of hydrogen-bond acceptors (Lipinski definition) is 4. The van der Waals surface area contributed by atoms with E-state index in [0.29, 0.717) is 24.3 Å². The highest BCUT2D eigenvalue weighted by molar-refractivity contribution is 5.95. The van der Waals surface area contributed by atoms with E-state index in [1.54, 1.807) is 36.7 Å². The number of carbonyl (C=O) groups excluding carboxylic acids is 2. The summed E-state index contributed by atoms with van der Waals surface area (Å²) in [5.41, 5.74) is 2.12. The molecule has 2 rings (SSSR count). The second-order valence-corrected chi connectivity index (χ2v) is 5.37. The van der Waals surface area contributed by atoms with Crippen molar-refractivity contribution in [1.82, 2.24) is 10.3 Å². The molecule has 0 saturated carbocycles. The summed E-state index contributed by atoms with van der Waals surface area (Å²) < 4.78 is 5.11. The Bertz CT molecular complexity index is 702. The van der Waals surface area contributed by atoms with Gasteiger partial charge in [0, 0.05) is 37.4 Å². The lowest BCUT2D eigenvalue weighted by Gasteiger charge is -2.14. The van der Waals surface area contributed by atoms with Gasteiger partial charge in [-0.25, -0.2) is 4.79 Å². The van der Waals surface area contributed by atoms with E-state index in [2.05, 4.69) is 20.9 Å². The van der Waals surface area contributed by atoms with Crippen molar-refractivity contribution in [3.8, 4) is 0 Å². The Labute approximate surface area is 146 Å². The standard InChI is InChI=1S/C18H22N4O3/c1-3-16(25-2)17(23)21-14-5-4-6-15(11-14)22-18(24)20-12-13-7-9-19-10-8-13/h4-11,16H,3,12H2,1-2H3,(H,21,23)(H2,20,22,24). The van der Waals surface area contributed by atoms with E-state index >= 15 is 0 Å². The topological polar surface area (TPSA) is 92.4 Å². The average Bonchev–Trinajstić information content (AvgIpc) is 2.62. The summed E-state index contributed by atoms with van der Waals surface area (Å²) in [6.07, 6.45) is 3.42. The maximum absolute atomic E-state index is 12.0. The lowest BCUT2D eigenvalue weighted by molar-refractivity contribution is -0.125. The van der Waals surface area contributed by atoms with Crippen LogP contribution in [0.4, 0.5) is 16.2 Å². The molecule has 0 radical (unpaired) electrons. The van der Waals surface area contributed by atoms with E-state index in [-0.39, 0.29) is 11.9 Å². The van der Waals surface area contributed by atoms with E-state index < -0.39 is 6.10 Å². The van der Waals surface area contributed by atoms with Crippen LogP contribution in [0.3, 0.4) is 0 Å². The number of nitrogens with one attached hydrogen (secondary N) is 3. The van der Waals surface area contributed by atoms with Crippen molar-refractivity contribution in [2.45, 2.75) is 26.0 Å². The third-order valence-electron chi connectivity index (χ3n) is 3.54. The summed E-state index contributed by atoms with van der Waals surface area (Å²) in [4.78, 5) is 27.9. The minimum Gasteiger partial charge on any atom is -0.372 e. The van der Waals surface area contributed by atoms with Gasteiger partial charge in [0.05, 0.1) is 0 Å². The molecule has 0 aliphatic carbocycles. The second-order valence-electron chi connectivity index (χ2n) is 5.37. The van der Waals surface area contributed by atoms with Crippen LogP contribution in [0.25, 0.3) is 0 Å². The maximum atomic E-state index is 12.0. The highest BCUT2D eigenvalue weighted by atomic mass is 16.5. The van der Waals surface area contributed by atoms with Crippen molar-refractivity contribution in [3.05, 3.63) is 54.4 Å². The molecule has 0 bridgehead atoms. The summed E-state index contributed by atoms with van der Waals surface area (Å²) in [7, 11) is 1.50. The fraction of sp³-hybridized carbons (Fsp3) is 0.278. The first-order valence-corrected chi connectivity index (χ1v) is 8.00. The molecule has 1 atom stereocenters. The van der Waals surface area contributed by atoms with Gasteiger partial charge >= 0.3 is 6.03 Å². The fourth-order valence-corrected chi connectivity index (χ4v) is 2.21. The number of carbonyl (C=O) groups is 2. The van der Waals surface area contributed by atoms with E-state index in [1.807, 2.05) is 19.1 Å². The largest absolute Gasteiger partial charge is 0.372 e. The number of benzene rings is 1. The van der Waals surface area contributed by atoms with Crippen molar-refractivity contribution < 1.29 is 14.3 Å². The minimum atomic E-state index is -0.500. The quantitative estimate of drug-likeness (QED) is 0.721. The Morgan fingerprint density at radius 1 is 1.12 bits per heavy atom. The normalized spacial score (nSPS) is 11.4. The molecule has 2 aromatic rings. The lowest BCUT2D eigenvalue weighted by atomic mass is 10.2. The van der Waals surface area contributed by atoms with Crippen molar-refractivity contribution in [2.24, 2.45) is 0 Å². The zero-order chi connectivity index (χ0) is 18.1. The molecule has 1 heterocycles. The SMILES string of the molecule is CCC(OC)C(=O)Nc1cccc(NC(=O)NCc2ccncc2)c1. The van der Waals surface area contributed by atoms with Gasteiger partial charge in [-0.3, -0.25) is 9.78 Å². The van der Waals surface area contributed by atoms with E-state index in [1.165, 1.54) is 7.11 Å². The number of hydrogen-bond donors (Lipinski definition) is 3. The van der Waals surface area contributed by atoms with Gasteiger partial charge in [-0.2, -0.15) is 0 Å². The zero-order valence-electron chi connectivity index (χ0n) is 14.3. The molecular weight excluding hydrogens is 320 g/mol. The molecule has 0 aliphatic heterocycles. The molecule has 7 heteroatoms. The maximum Gasteiger partial charge on any atom is 0.319 e. The van der Waals surface area contributed by atoms with Gasteiger partial charge in [-0.15, -0.1) is 0 Å². The lowest BCUT2D eigenvalue weighted by Crippen LogP contribution is -2.29. The number of anilines is 2. The smallest absolute Gasteiger partial charge is 0.319 e. The van der Waals surface area contributed by atoms with Crippen molar-refractivity contribution >= 4 is 23.3 Å². The van der Waals surface area contributed by atoms with Crippen LogP contribution in [0.5, 0.6) is 0 Å². The number of rotatable bonds is 7. The number of methoxy groups -OCH3 is 1. The molecule has 1 aromatic carbocycles. The Kier molecular flexibility index (Phi) is 6.91. The number of pyridine rings is 1. The van der Waals surface area contributed by atoms with Crippen LogP contribution in [0.15, 0.2) is 48.8 Å². The molecule has 3 N–H and O–H groups in total. The monoisotopic (exact) mass is 342 g/mol. The molecule has 0 fully saturated rings. The van der Waals surface area contributed by atoms with Gasteiger partial charge in [0.25, 0.3) is 5.91 Å². The predicted octanol–water partition coefficient (Wildman–Crippen LogP) is 2.77. The molecule has 3 amide bonds. The number of aromatic nitrogens is 1. The van der Waals surface area contributed by atoms with Crippen LogP contribution in [0.2, 0.25) is 0 Å². The van der Waals surface area contributed by atoms with Gasteiger partial charge in [0.1, 0.15) is 6.10 Å². The highest BCUT2D eigenvalue weighted by Crippen LogP contribution is 2.16. The summed E-state index contributed by atoms with van der Waals surface area (Å²) in [6, 6.07) is 10.3. The molecule has 1 aromatic heterocycles. The first kappa shape index (κ1) is 18.4. The molecule has 132 valence electrons. The van der Waals surface area contributed by atoms with Crippen LogP contribution in [0.1, 0.15) is 18.9 Å². The van der Waals surface area contributed by atoms with Crippen LogP contribution >= 0.6 is 0 Å². The number of urea groups is 1. The summed E-state index contributed by atoms with van der Waals surface area (Å²) in [6.45, 7) is 2.27. The molecule has 0 spiro atoms. The molecule has 0 saturated heterocycles. The van der Waals surface area contributed by atoms with Crippen molar-refractivity contribution in [2.75, 3.05) is 17.7 Å². The number of nitrogens with zero attached hydrogens (tertiary/aromatic N) is 1. The van der Waals surface area contributed by atoms with Gasteiger partial charge in [-0.05, 0) is 42.3 Å². The van der Waals surface area contributed by atoms with Crippen LogP contribution in [-0.2, 0) is 16.1 Å². The Balaban J connectivity index is 1.90. The Morgan fingerprint density at radius 2 is 1.80 bits per heavy atom. The zero-order valence-corrected chi connectivity index (χ0v) is 14.3. The van der Waals surface area contributed by atoms with Crippen LogP contribution < -0.4 is 16.0 Å². The summed E-state index contributed by atoms with van der Waals surface area (Å²) in [5.74, 6) is -0.218. The first-order chi connectivity index (χ1) is 12.1. The minimum absolute atomic E-state index is 0.218.